The Labute approximate surface area is 64.7 Å². The number of imidazole rings is 1. The molecule has 0 radical (unpaired) electrons. The summed E-state index contributed by atoms with van der Waals surface area (Å²) in [7, 11) is 0. The van der Waals surface area contributed by atoms with Gasteiger partial charge in [-0.1, -0.05) is 17.7 Å². The Bertz CT molecular complexity index is 246. The molecule has 1 aromatic rings. The number of nitrogens with zero attached hydrogens (tertiary/aromatic N) is 2. The lowest BCUT2D eigenvalue weighted by Gasteiger charge is -1.97. The molecule has 0 aliphatic carbocycles. The van der Waals surface area contributed by atoms with E-state index in [9.17, 15) is 0 Å². The maximum atomic E-state index is 5.14. The SMILES string of the molecule is C#CCn1ccnc1SC. The molecule has 0 fully saturated rings. The highest BCUT2D eigenvalue weighted by Crippen LogP contribution is 2.10. The van der Waals surface area contributed by atoms with Crippen LogP contribution in [0.4, 0.5) is 0 Å². The Morgan fingerprint density at radius 1 is 1.90 bits per heavy atom. The summed E-state index contributed by atoms with van der Waals surface area (Å²) in [4.78, 5) is 4.08. The first-order valence-corrected chi connectivity index (χ1v) is 4.09. The van der Waals surface area contributed by atoms with Gasteiger partial charge in [0.2, 0.25) is 0 Å². The molecule has 2 nitrogen and oxygen atoms in total. The quantitative estimate of drug-likeness (QED) is 0.468. The van der Waals surface area contributed by atoms with Gasteiger partial charge in [0, 0.05) is 12.4 Å². The lowest BCUT2D eigenvalue weighted by molar-refractivity contribution is 0.739. The van der Waals surface area contributed by atoms with Crippen LogP contribution in [-0.4, -0.2) is 15.8 Å². The molecule has 0 N–H and O–H groups in total. The summed E-state index contributed by atoms with van der Waals surface area (Å²) in [5, 5.41) is 0.970. The molecule has 10 heavy (non-hydrogen) atoms. The number of thioether (sulfide) groups is 1. The Morgan fingerprint density at radius 3 is 3.30 bits per heavy atom. The molecule has 3 heteroatoms. The fourth-order valence-electron chi connectivity index (χ4n) is 0.704. The lowest BCUT2D eigenvalue weighted by atomic mass is 10.6. The summed E-state index contributed by atoms with van der Waals surface area (Å²) in [6.07, 6.45) is 10.8. The topological polar surface area (TPSA) is 17.8 Å². The highest BCUT2D eigenvalue weighted by Gasteiger charge is 1.96. The molecule has 0 bridgehead atoms. The Hall–Kier alpha value is -0.880. The Kier molecular flexibility index (Phi) is 2.41. The standard InChI is InChI=1S/C7H8N2S/c1-3-5-9-6-4-8-7(9)10-2/h1,4,6H,5H2,2H3. The fourth-order valence-corrected chi connectivity index (χ4v) is 1.23. The molecule has 1 heterocycles. The molecule has 0 aliphatic heterocycles. The van der Waals surface area contributed by atoms with Crippen molar-refractivity contribution in [2.45, 2.75) is 11.7 Å². The summed E-state index contributed by atoms with van der Waals surface area (Å²) >= 11 is 1.60. The van der Waals surface area contributed by atoms with Crippen LogP contribution in [-0.2, 0) is 6.54 Å². The molecule has 0 aromatic carbocycles. The third kappa shape index (κ3) is 1.34. The van der Waals surface area contributed by atoms with Crippen molar-refractivity contribution in [2.75, 3.05) is 6.26 Å². The van der Waals surface area contributed by atoms with Crippen LogP contribution in [0, 0.1) is 12.3 Å². The number of rotatable bonds is 2. The zero-order chi connectivity index (χ0) is 7.40. The second-order valence-electron chi connectivity index (χ2n) is 1.75. The van der Waals surface area contributed by atoms with Crippen LogP contribution < -0.4 is 0 Å². The minimum absolute atomic E-state index is 0.607. The average Bonchev–Trinajstić information content (AvgIpc) is 2.36. The first-order valence-electron chi connectivity index (χ1n) is 2.87. The summed E-state index contributed by atoms with van der Waals surface area (Å²) < 4.78 is 1.94. The Morgan fingerprint density at radius 2 is 2.70 bits per heavy atom. The smallest absolute Gasteiger partial charge is 0.168 e. The number of hydrogen-bond donors (Lipinski definition) is 0. The first kappa shape index (κ1) is 7.23. The average molecular weight is 152 g/mol. The van der Waals surface area contributed by atoms with Gasteiger partial charge in [-0.2, -0.15) is 0 Å². The highest BCUT2D eigenvalue weighted by molar-refractivity contribution is 7.98. The van der Waals surface area contributed by atoms with Crippen molar-refractivity contribution in [1.29, 1.82) is 0 Å². The molecule has 0 aliphatic rings. The number of aromatic nitrogens is 2. The molecule has 0 saturated heterocycles. The predicted molar refractivity (Wildman–Crippen MR) is 42.8 cm³/mol. The molecular formula is C7H8N2S. The van der Waals surface area contributed by atoms with Gasteiger partial charge in [-0.05, 0) is 6.26 Å². The number of terminal acetylenes is 1. The van der Waals surface area contributed by atoms with E-state index in [4.69, 9.17) is 6.42 Å². The van der Waals surface area contributed by atoms with Crippen LogP contribution in [0.25, 0.3) is 0 Å². The maximum absolute atomic E-state index is 5.14. The van der Waals surface area contributed by atoms with Crippen LogP contribution in [0.1, 0.15) is 0 Å². The third-order valence-corrected chi connectivity index (χ3v) is 1.83. The van der Waals surface area contributed by atoms with Gasteiger partial charge >= 0.3 is 0 Å². The van der Waals surface area contributed by atoms with E-state index >= 15 is 0 Å². The summed E-state index contributed by atoms with van der Waals surface area (Å²) in [5.41, 5.74) is 0. The van der Waals surface area contributed by atoms with E-state index in [2.05, 4.69) is 10.9 Å². The van der Waals surface area contributed by atoms with Crippen LogP contribution in [0.15, 0.2) is 17.6 Å². The van der Waals surface area contributed by atoms with Crippen molar-refractivity contribution >= 4 is 11.8 Å². The minimum Gasteiger partial charge on any atom is -0.314 e. The van der Waals surface area contributed by atoms with E-state index in [1.165, 1.54) is 0 Å². The van der Waals surface area contributed by atoms with Crippen LogP contribution in [0.2, 0.25) is 0 Å². The molecule has 0 saturated carbocycles. The van der Waals surface area contributed by atoms with Crippen molar-refractivity contribution in [1.82, 2.24) is 9.55 Å². The third-order valence-electron chi connectivity index (χ3n) is 1.12. The van der Waals surface area contributed by atoms with Gasteiger partial charge in [-0.15, -0.1) is 6.42 Å². The Balaban J connectivity index is 2.82. The second kappa shape index (κ2) is 3.33. The zero-order valence-electron chi connectivity index (χ0n) is 5.74. The van der Waals surface area contributed by atoms with Crippen molar-refractivity contribution in [3.8, 4) is 12.3 Å². The summed E-state index contributed by atoms with van der Waals surface area (Å²) in [5.74, 6) is 2.55. The largest absolute Gasteiger partial charge is 0.314 e. The monoisotopic (exact) mass is 152 g/mol. The molecule has 1 rings (SSSR count). The van der Waals surface area contributed by atoms with E-state index < -0.39 is 0 Å². The molecule has 1 aromatic heterocycles. The fraction of sp³-hybridized carbons (Fsp3) is 0.286. The molecular weight excluding hydrogens is 144 g/mol. The van der Waals surface area contributed by atoms with E-state index in [0.29, 0.717) is 6.54 Å². The van der Waals surface area contributed by atoms with E-state index in [1.54, 1.807) is 18.0 Å². The predicted octanol–water partition coefficient (Wildman–Crippen LogP) is 1.24. The zero-order valence-corrected chi connectivity index (χ0v) is 6.56. The van der Waals surface area contributed by atoms with Gasteiger partial charge in [0.25, 0.3) is 0 Å². The molecule has 0 amide bonds. The summed E-state index contributed by atoms with van der Waals surface area (Å²) in [6, 6.07) is 0. The molecule has 52 valence electrons. The molecule has 0 spiro atoms. The van der Waals surface area contributed by atoms with Crippen LogP contribution in [0.3, 0.4) is 0 Å². The normalized spacial score (nSPS) is 9.20. The molecule has 0 atom stereocenters. The van der Waals surface area contributed by atoms with E-state index in [0.717, 1.165) is 5.16 Å². The van der Waals surface area contributed by atoms with Crippen molar-refractivity contribution in [3.05, 3.63) is 12.4 Å². The van der Waals surface area contributed by atoms with Crippen molar-refractivity contribution < 1.29 is 0 Å². The van der Waals surface area contributed by atoms with E-state index in [-0.39, 0.29) is 0 Å². The van der Waals surface area contributed by atoms with E-state index in [1.807, 2.05) is 17.0 Å². The van der Waals surface area contributed by atoms with Crippen LogP contribution >= 0.6 is 11.8 Å². The highest BCUT2D eigenvalue weighted by atomic mass is 32.2. The van der Waals surface area contributed by atoms with Crippen molar-refractivity contribution in [3.63, 3.8) is 0 Å². The van der Waals surface area contributed by atoms with Gasteiger partial charge in [-0.3, -0.25) is 0 Å². The number of hydrogen-bond acceptors (Lipinski definition) is 2. The minimum atomic E-state index is 0.607. The van der Waals surface area contributed by atoms with Crippen LogP contribution in [0.5, 0.6) is 0 Å². The van der Waals surface area contributed by atoms with Gasteiger partial charge in [0.15, 0.2) is 5.16 Å². The molecule has 0 unspecified atom stereocenters. The van der Waals surface area contributed by atoms with Gasteiger partial charge < -0.3 is 4.57 Å². The van der Waals surface area contributed by atoms with Crippen molar-refractivity contribution in [2.24, 2.45) is 0 Å². The van der Waals surface area contributed by atoms with Gasteiger partial charge in [-0.25, -0.2) is 4.98 Å². The second-order valence-corrected chi connectivity index (χ2v) is 2.52. The summed E-state index contributed by atoms with van der Waals surface area (Å²) in [6.45, 7) is 0.607. The van der Waals surface area contributed by atoms with Gasteiger partial charge in [0.1, 0.15) is 0 Å². The first-order chi connectivity index (χ1) is 4.88. The maximum Gasteiger partial charge on any atom is 0.168 e. The van der Waals surface area contributed by atoms with Gasteiger partial charge in [0.05, 0.1) is 6.54 Å². The lowest BCUT2D eigenvalue weighted by Crippen LogP contribution is -1.94.